The van der Waals surface area contributed by atoms with Gasteiger partial charge in [0.05, 0.1) is 10.7 Å². The summed E-state index contributed by atoms with van der Waals surface area (Å²) in [5.74, 6) is 1.27. The van der Waals surface area contributed by atoms with Crippen LogP contribution in [0.3, 0.4) is 0 Å². The third-order valence-electron chi connectivity index (χ3n) is 2.44. The van der Waals surface area contributed by atoms with E-state index in [1.54, 1.807) is 11.3 Å². The number of thiazole rings is 1. The summed E-state index contributed by atoms with van der Waals surface area (Å²) in [6.45, 7) is 2.36. The van der Waals surface area contributed by atoms with Gasteiger partial charge in [-0.2, -0.15) is 11.8 Å². The highest BCUT2D eigenvalue weighted by Crippen LogP contribution is 2.41. The van der Waals surface area contributed by atoms with Crippen molar-refractivity contribution in [3.05, 3.63) is 15.6 Å². The zero-order valence-electron chi connectivity index (χ0n) is 8.32. The molecule has 0 saturated carbocycles. The predicted molar refractivity (Wildman–Crippen MR) is 62.1 cm³/mol. The van der Waals surface area contributed by atoms with Crippen LogP contribution >= 0.6 is 23.1 Å². The van der Waals surface area contributed by atoms with Crippen molar-refractivity contribution in [2.75, 3.05) is 12.4 Å². The maximum atomic E-state index is 8.85. The number of aromatic nitrogens is 1. The summed E-state index contributed by atoms with van der Waals surface area (Å²) in [4.78, 5) is 5.96. The fourth-order valence-electron chi connectivity index (χ4n) is 1.76. The second-order valence-electron chi connectivity index (χ2n) is 3.52. The van der Waals surface area contributed by atoms with Crippen molar-refractivity contribution in [2.24, 2.45) is 0 Å². The van der Waals surface area contributed by atoms with Crippen LogP contribution in [0, 0.1) is 6.92 Å². The molecular formula is C10H15NOS2. The van der Waals surface area contributed by atoms with Gasteiger partial charge in [-0.3, -0.25) is 0 Å². The number of hydrogen-bond acceptors (Lipinski definition) is 4. The first kappa shape index (κ1) is 10.5. The molecule has 0 amide bonds. The van der Waals surface area contributed by atoms with Crippen LogP contribution in [0.1, 0.15) is 33.7 Å². The van der Waals surface area contributed by atoms with E-state index in [9.17, 15) is 0 Å². The molecule has 1 N–H and O–H groups in total. The molecule has 1 atom stereocenters. The molecule has 1 unspecified atom stereocenters. The molecule has 2 rings (SSSR count). The molecule has 0 aromatic carbocycles. The van der Waals surface area contributed by atoms with E-state index in [0.717, 1.165) is 5.01 Å². The highest BCUT2D eigenvalue weighted by atomic mass is 32.2. The summed E-state index contributed by atoms with van der Waals surface area (Å²) in [6, 6.07) is 0. The van der Waals surface area contributed by atoms with Crippen LogP contribution in [0.4, 0.5) is 0 Å². The van der Waals surface area contributed by atoms with Crippen LogP contribution in [-0.2, 0) is 6.42 Å². The number of aliphatic hydroxyl groups is 1. The first-order chi connectivity index (χ1) is 6.81. The third kappa shape index (κ3) is 2.12. The molecule has 4 heteroatoms. The molecular weight excluding hydrogens is 214 g/mol. The molecule has 78 valence electrons. The Kier molecular flexibility index (Phi) is 3.47. The summed E-state index contributed by atoms with van der Waals surface area (Å²) in [7, 11) is 0. The van der Waals surface area contributed by atoms with Crippen molar-refractivity contribution in [1.82, 2.24) is 4.98 Å². The Bertz CT molecular complexity index is 305. The topological polar surface area (TPSA) is 33.1 Å². The molecule has 2 nitrogen and oxygen atoms in total. The SMILES string of the molecule is Cc1sc(CCO)nc1C1CCCS1. The molecule has 1 aromatic rings. The van der Waals surface area contributed by atoms with Gasteiger partial charge in [0.15, 0.2) is 0 Å². The average molecular weight is 229 g/mol. The van der Waals surface area contributed by atoms with Gasteiger partial charge in [-0.15, -0.1) is 11.3 Å². The average Bonchev–Trinajstić information content (AvgIpc) is 2.74. The van der Waals surface area contributed by atoms with E-state index in [2.05, 4.69) is 11.9 Å². The van der Waals surface area contributed by atoms with Gasteiger partial charge in [0, 0.05) is 23.2 Å². The van der Waals surface area contributed by atoms with Gasteiger partial charge >= 0.3 is 0 Å². The molecule has 2 heterocycles. The zero-order chi connectivity index (χ0) is 9.97. The molecule has 0 aliphatic carbocycles. The van der Waals surface area contributed by atoms with Crippen molar-refractivity contribution < 1.29 is 5.11 Å². The Hall–Kier alpha value is -0.0600. The minimum Gasteiger partial charge on any atom is -0.396 e. The molecule has 0 spiro atoms. The van der Waals surface area contributed by atoms with Crippen LogP contribution in [-0.4, -0.2) is 22.5 Å². The Morgan fingerprint density at radius 2 is 2.43 bits per heavy atom. The summed E-state index contributed by atoms with van der Waals surface area (Å²) < 4.78 is 0. The molecule has 1 aliphatic rings. The minimum absolute atomic E-state index is 0.213. The Morgan fingerprint density at radius 1 is 1.57 bits per heavy atom. The molecule has 0 bridgehead atoms. The standard InChI is InChI=1S/C10H15NOS2/c1-7-10(8-3-2-6-13-8)11-9(14-7)4-5-12/h8,12H,2-6H2,1H3. The smallest absolute Gasteiger partial charge is 0.0954 e. The molecule has 1 aromatic heterocycles. The summed E-state index contributed by atoms with van der Waals surface area (Å²) in [5, 5.41) is 10.6. The maximum Gasteiger partial charge on any atom is 0.0954 e. The van der Waals surface area contributed by atoms with Crippen molar-refractivity contribution in [3.8, 4) is 0 Å². The molecule has 14 heavy (non-hydrogen) atoms. The fraction of sp³-hybridized carbons (Fsp3) is 0.700. The first-order valence-electron chi connectivity index (χ1n) is 5.00. The van der Waals surface area contributed by atoms with Gasteiger partial charge in [-0.05, 0) is 25.5 Å². The van der Waals surface area contributed by atoms with E-state index >= 15 is 0 Å². The number of nitrogens with zero attached hydrogens (tertiary/aromatic N) is 1. The van der Waals surface area contributed by atoms with Crippen LogP contribution in [0.5, 0.6) is 0 Å². The van der Waals surface area contributed by atoms with E-state index < -0.39 is 0 Å². The number of aryl methyl sites for hydroxylation is 1. The fourth-order valence-corrected chi connectivity index (χ4v) is 4.16. The van der Waals surface area contributed by atoms with Crippen LogP contribution in [0.2, 0.25) is 0 Å². The van der Waals surface area contributed by atoms with Gasteiger partial charge < -0.3 is 5.11 Å². The van der Waals surface area contributed by atoms with Crippen molar-refractivity contribution in [3.63, 3.8) is 0 Å². The number of rotatable bonds is 3. The van der Waals surface area contributed by atoms with Crippen LogP contribution < -0.4 is 0 Å². The molecule has 0 radical (unpaired) electrons. The first-order valence-corrected chi connectivity index (χ1v) is 6.86. The highest BCUT2D eigenvalue weighted by molar-refractivity contribution is 7.99. The van der Waals surface area contributed by atoms with E-state index in [0.29, 0.717) is 11.7 Å². The molecule has 1 aliphatic heterocycles. The monoisotopic (exact) mass is 229 g/mol. The summed E-state index contributed by atoms with van der Waals surface area (Å²) in [5.41, 5.74) is 1.28. The number of thioether (sulfide) groups is 1. The lowest BCUT2D eigenvalue weighted by Gasteiger charge is -2.04. The van der Waals surface area contributed by atoms with Crippen molar-refractivity contribution >= 4 is 23.1 Å². The third-order valence-corrected chi connectivity index (χ3v) is 4.87. The number of hydrogen-bond donors (Lipinski definition) is 1. The summed E-state index contributed by atoms with van der Waals surface area (Å²) >= 11 is 3.76. The van der Waals surface area contributed by atoms with Gasteiger partial charge in [0.2, 0.25) is 0 Å². The zero-order valence-corrected chi connectivity index (χ0v) is 9.96. The number of aliphatic hydroxyl groups excluding tert-OH is 1. The maximum absolute atomic E-state index is 8.85. The molecule has 1 saturated heterocycles. The van der Waals surface area contributed by atoms with E-state index in [1.165, 1.54) is 29.2 Å². The normalized spacial score (nSPS) is 21.7. The largest absolute Gasteiger partial charge is 0.396 e. The van der Waals surface area contributed by atoms with E-state index in [4.69, 9.17) is 5.11 Å². The Labute approximate surface area is 92.8 Å². The van der Waals surface area contributed by atoms with Crippen molar-refractivity contribution in [2.45, 2.75) is 31.4 Å². The minimum atomic E-state index is 0.213. The van der Waals surface area contributed by atoms with E-state index in [1.807, 2.05) is 11.8 Å². The van der Waals surface area contributed by atoms with Gasteiger partial charge in [0.25, 0.3) is 0 Å². The second kappa shape index (κ2) is 4.64. The van der Waals surface area contributed by atoms with Crippen LogP contribution in [0.25, 0.3) is 0 Å². The summed E-state index contributed by atoms with van der Waals surface area (Å²) in [6.07, 6.45) is 3.30. The van der Waals surface area contributed by atoms with Crippen LogP contribution in [0.15, 0.2) is 0 Å². The lowest BCUT2D eigenvalue weighted by atomic mass is 10.2. The lowest BCUT2D eigenvalue weighted by molar-refractivity contribution is 0.299. The van der Waals surface area contributed by atoms with E-state index in [-0.39, 0.29) is 6.61 Å². The highest BCUT2D eigenvalue weighted by Gasteiger charge is 2.22. The van der Waals surface area contributed by atoms with Gasteiger partial charge in [-0.25, -0.2) is 4.98 Å². The second-order valence-corrected chi connectivity index (χ2v) is 6.12. The van der Waals surface area contributed by atoms with Gasteiger partial charge in [0.1, 0.15) is 0 Å². The lowest BCUT2D eigenvalue weighted by Crippen LogP contribution is -1.94. The quantitative estimate of drug-likeness (QED) is 0.864. The Balaban J connectivity index is 2.15. The predicted octanol–water partition coefficient (Wildman–Crippen LogP) is 2.55. The van der Waals surface area contributed by atoms with Gasteiger partial charge in [-0.1, -0.05) is 0 Å². The molecule has 1 fully saturated rings. The van der Waals surface area contributed by atoms with Crippen molar-refractivity contribution in [1.29, 1.82) is 0 Å². The Morgan fingerprint density at radius 3 is 3.07 bits per heavy atom.